The van der Waals surface area contributed by atoms with Crippen LogP contribution in [0.1, 0.15) is 12.0 Å². The molecule has 0 bridgehead atoms. The van der Waals surface area contributed by atoms with E-state index in [1.807, 2.05) is 73.1 Å². The second-order valence-electron chi connectivity index (χ2n) is 8.95. The molecular weight excluding hydrogens is 490 g/mol. The van der Waals surface area contributed by atoms with Crippen molar-refractivity contribution < 1.29 is 17.9 Å². The number of hydrogen-bond acceptors (Lipinski definition) is 8. The third-order valence-corrected chi connectivity index (χ3v) is 6.93. The van der Waals surface area contributed by atoms with Crippen LogP contribution in [0.4, 0.5) is 11.5 Å². The molecule has 0 fully saturated rings. The lowest BCUT2D eigenvalue weighted by atomic mass is 10.2. The third kappa shape index (κ3) is 5.80. The highest BCUT2D eigenvalue weighted by Crippen LogP contribution is 2.31. The van der Waals surface area contributed by atoms with Gasteiger partial charge in [0.2, 0.25) is 0 Å². The quantitative estimate of drug-likeness (QED) is 0.267. The minimum absolute atomic E-state index is 0.0906. The van der Waals surface area contributed by atoms with Gasteiger partial charge in [0.25, 0.3) is 0 Å². The van der Waals surface area contributed by atoms with Gasteiger partial charge in [0, 0.05) is 30.4 Å². The van der Waals surface area contributed by atoms with Crippen molar-refractivity contribution in [2.24, 2.45) is 7.05 Å². The molecule has 3 aromatic carbocycles. The summed E-state index contributed by atoms with van der Waals surface area (Å²) in [6.07, 6.45) is 4.94. The topological polar surface area (TPSA) is 108 Å². The molecule has 1 N–H and O–H groups in total. The van der Waals surface area contributed by atoms with Crippen LogP contribution < -0.4 is 14.8 Å². The van der Waals surface area contributed by atoms with Crippen molar-refractivity contribution in [3.63, 3.8) is 0 Å². The van der Waals surface area contributed by atoms with Gasteiger partial charge in [0.15, 0.2) is 0 Å². The van der Waals surface area contributed by atoms with Gasteiger partial charge >= 0.3 is 0 Å². The van der Waals surface area contributed by atoms with Gasteiger partial charge in [0.1, 0.15) is 39.2 Å². The molecule has 0 aliphatic heterocycles. The van der Waals surface area contributed by atoms with Gasteiger partial charge in [-0.2, -0.15) is 0 Å². The number of aryl methyl sites for hydroxylation is 2. The maximum Gasteiger partial charge on any atom is 0.147 e. The molecule has 37 heavy (non-hydrogen) atoms. The number of nitrogens with one attached hydrogen (secondary N) is 1. The molecule has 5 aromatic rings. The minimum atomic E-state index is -3.01. The highest BCUT2D eigenvalue weighted by molar-refractivity contribution is 7.90. The van der Waals surface area contributed by atoms with E-state index in [4.69, 9.17) is 9.47 Å². The summed E-state index contributed by atoms with van der Waals surface area (Å²) < 4.78 is 36.5. The SMILES string of the molecule is Cc1cc(Nc2ncnc3ccc(OCCCS(C)(=O)=O)cc23)ccc1Oc1ccc2c(c1)ncn2C. The molecule has 0 aliphatic rings. The van der Waals surface area contributed by atoms with Gasteiger partial charge in [-0.05, 0) is 67.4 Å². The summed E-state index contributed by atoms with van der Waals surface area (Å²) in [5, 5.41) is 4.16. The van der Waals surface area contributed by atoms with E-state index in [-0.39, 0.29) is 5.75 Å². The standard InChI is InChI=1S/C27H27N5O4S/c1-18-13-19(5-10-26(18)36-21-7-9-25-24(15-21)30-17-32(25)2)31-27-22-14-20(6-8-23(22)28-16-29-27)35-11-4-12-37(3,33)34/h5-10,13-17H,4,11-12H2,1-3H3,(H,28,29,31). The Kier molecular flexibility index (Phi) is 6.66. The second-order valence-corrected chi connectivity index (χ2v) is 11.2. The molecule has 2 aromatic heterocycles. The van der Waals surface area contributed by atoms with E-state index in [1.165, 1.54) is 12.6 Å². The first-order chi connectivity index (χ1) is 17.7. The number of anilines is 2. The maximum atomic E-state index is 11.3. The summed E-state index contributed by atoms with van der Waals surface area (Å²) in [6.45, 7) is 2.29. The second kappa shape index (κ2) is 10.1. The van der Waals surface area contributed by atoms with Crippen LogP contribution in [0.2, 0.25) is 0 Å². The van der Waals surface area contributed by atoms with Crippen molar-refractivity contribution in [1.29, 1.82) is 0 Å². The van der Waals surface area contributed by atoms with E-state index in [9.17, 15) is 8.42 Å². The third-order valence-electron chi connectivity index (χ3n) is 5.90. The fourth-order valence-electron chi connectivity index (χ4n) is 4.02. The summed E-state index contributed by atoms with van der Waals surface area (Å²) in [5.41, 5.74) is 4.50. The molecule has 9 nitrogen and oxygen atoms in total. The average molecular weight is 518 g/mol. The number of aromatic nitrogens is 4. The molecule has 0 spiro atoms. The lowest BCUT2D eigenvalue weighted by Gasteiger charge is -2.13. The average Bonchev–Trinajstić information content (AvgIpc) is 3.23. The molecule has 0 aliphatic carbocycles. The number of nitrogens with zero attached hydrogens (tertiary/aromatic N) is 4. The van der Waals surface area contributed by atoms with Crippen molar-refractivity contribution >= 4 is 43.3 Å². The lowest BCUT2D eigenvalue weighted by molar-refractivity contribution is 0.318. The van der Waals surface area contributed by atoms with Crippen LogP contribution in [0, 0.1) is 6.92 Å². The molecule has 10 heteroatoms. The van der Waals surface area contributed by atoms with E-state index in [0.717, 1.165) is 44.7 Å². The largest absolute Gasteiger partial charge is 0.494 e. The first kappa shape index (κ1) is 24.5. The predicted octanol–water partition coefficient (Wildman–Crippen LogP) is 5.17. The van der Waals surface area contributed by atoms with Crippen molar-refractivity contribution in [2.75, 3.05) is 23.9 Å². The van der Waals surface area contributed by atoms with E-state index in [0.29, 0.717) is 24.6 Å². The Morgan fingerprint density at radius 3 is 2.59 bits per heavy atom. The van der Waals surface area contributed by atoms with Gasteiger partial charge in [0.05, 0.1) is 35.2 Å². The fraction of sp³-hybridized carbons (Fsp3) is 0.222. The molecule has 0 amide bonds. The highest BCUT2D eigenvalue weighted by atomic mass is 32.2. The number of fused-ring (bicyclic) bond motifs is 2. The van der Waals surface area contributed by atoms with Crippen LogP contribution in [-0.4, -0.2) is 46.6 Å². The molecule has 0 unspecified atom stereocenters. The number of imidazole rings is 1. The Labute approximate surface area is 215 Å². The number of hydrogen-bond donors (Lipinski definition) is 1. The smallest absolute Gasteiger partial charge is 0.147 e. The summed E-state index contributed by atoms with van der Waals surface area (Å²) in [6, 6.07) is 17.2. The lowest BCUT2D eigenvalue weighted by Crippen LogP contribution is -2.08. The molecule has 5 rings (SSSR count). The number of benzene rings is 3. The first-order valence-electron chi connectivity index (χ1n) is 11.8. The van der Waals surface area contributed by atoms with Crippen molar-refractivity contribution in [1.82, 2.24) is 19.5 Å². The summed E-state index contributed by atoms with van der Waals surface area (Å²) in [5.74, 6) is 2.83. The van der Waals surface area contributed by atoms with Crippen LogP contribution in [-0.2, 0) is 16.9 Å². The Balaban J connectivity index is 1.31. The Morgan fingerprint density at radius 2 is 1.78 bits per heavy atom. The van der Waals surface area contributed by atoms with Gasteiger partial charge < -0.3 is 19.4 Å². The van der Waals surface area contributed by atoms with E-state index < -0.39 is 9.84 Å². The summed E-state index contributed by atoms with van der Waals surface area (Å²) in [4.78, 5) is 13.2. The maximum absolute atomic E-state index is 11.3. The number of rotatable bonds is 9. The minimum Gasteiger partial charge on any atom is -0.494 e. The monoisotopic (exact) mass is 517 g/mol. The molecule has 0 saturated heterocycles. The first-order valence-corrected chi connectivity index (χ1v) is 13.8. The Morgan fingerprint density at radius 1 is 0.946 bits per heavy atom. The molecule has 2 heterocycles. The van der Waals surface area contributed by atoms with E-state index in [2.05, 4.69) is 20.3 Å². The molecule has 0 saturated carbocycles. The molecule has 0 atom stereocenters. The normalized spacial score (nSPS) is 11.6. The van der Waals surface area contributed by atoms with Gasteiger partial charge in [-0.3, -0.25) is 0 Å². The van der Waals surface area contributed by atoms with Crippen molar-refractivity contribution in [3.8, 4) is 17.2 Å². The zero-order valence-electron chi connectivity index (χ0n) is 20.8. The molecule has 0 radical (unpaired) electrons. The Hall–Kier alpha value is -4.18. The summed E-state index contributed by atoms with van der Waals surface area (Å²) in [7, 11) is -1.05. The van der Waals surface area contributed by atoms with E-state index >= 15 is 0 Å². The molecule has 190 valence electrons. The van der Waals surface area contributed by atoms with Crippen LogP contribution in [0.15, 0.2) is 67.3 Å². The zero-order chi connectivity index (χ0) is 26.0. The Bertz CT molecular complexity index is 1700. The fourth-order valence-corrected chi connectivity index (χ4v) is 4.66. The van der Waals surface area contributed by atoms with Crippen LogP contribution in [0.5, 0.6) is 17.2 Å². The predicted molar refractivity (Wildman–Crippen MR) is 145 cm³/mol. The summed E-state index contributed by atoms with van der Waals surface area (Å²) >= 11 is 0. The van der Waals surface area contributed by atoms with Gasteiger partial charge in [-0.1, -0.05) is 0 Å². The van der Waals surface area contributed by atoms with Crippen LogP contribution >= 0.6 is 0 Å². The van der Waals surface area contributed by atoms with Crippen molar-refractivity contribution in [2.45, 2.75) is 13.3 Å². The van der Waals surface area contributed by atoms with Gasteiger partial charge in [-0.15, -0.1) is 0 Å². The van der Waals surface area contributed by atoms with E-state index in [1.54, 1.807) is 6.33 Å². The highest BCUT2D eigenvalue weighted by Gasteiger charge is 2.10. The number of sulfone groups is 1. The van der Waals surface area contributed by atoms with Crippen LogP contribution in [0.25, 0.3) is 21.9 Å². The van der Waals surface area contributed by atoms with Crippen molar-refractivity contribution in [3.05, 3.63) is 72.8 Å². The molecular formula is C27H27N5O4S. The van der Waals surface area contributed by atoms with Gasteiger partial charge in [-0.25, -0.2) is 23.4 Å². The zero-order valence-corrected chi connectivity index (χ0v) is 21.6. The number of ether oxygens (including phenoxy) is 2. The van der Waals surface area contributed by atoms with Crippen LogP contribution in [0.3, 0.4) is 0 Å².